The second kappa shape index (κ2) is 4.72. The van der Waals surface area contributed by atoms with E-state index in [-0.39, 0.29) is 6.10 Å². The highest BCUT2D eigenvalue weighted by Crippen LogP contribution is 2.25. The van der Waals surface area contributed by atoms with Crippen LogP contribution in [-0.2, 0) is 4.74 Å². The van der Waals surface area contributed by atoms with Gasteiger partial charge in [-0.3, -0.25) is 4.98 Å². The molecular formula is C14H15NO2. The third kappa shape index (κ3) is 2.24. The van der Waals surface area contributed by atoms with E-state index in [4.69, 9.17) is 9.47 Å². The van der Waals surface area contributed by atoms with Crippen LogP contribution in [0.3, 0.4) is 0 Å². The largest absolute Gasteiger partial charge is 0.486 e. The lowest BCUT2D eigenvalue weighted by Gasteiger charge is -2.23. The highest BCUT2D eigenvalue weighted by Gasteiger charge is 2.16. The molecule has 0 aliphatic carbocycles. The fourth-order valence-electron chi connectivity index (χ4n) is 2.16. The number of nitrogens with zero attached hydrogens (tertiary/aromatic N) is 1. The maximum atomic E-state index is 5.98. The van der Waals surface area contributed by atoms with E-state index in [1.54, 1.807) is 6.20 Å². The van der Waals surface area contributed by atoms with Crippen LogP contribution < -0.4 is 4.74 Å². The molecule has 1 fully saturated rings. The Morgan fingerprint density at radius 2 is 2.18 bits per heavy atom. The van der Waals surface area contributed by atoms with E-state index in [1.807, 2.05) is 30.3 Å². The van der Waals surface area contributed by atoms with Crippen molar-refractivity contribution in [1.29, 1.82) is 0 Å². The van der Waals surface area contributed by atoms with Crippen molar-refractivity contribution in [3.05, 3.63) is 36.5 Å². The molecule has 1 aliphatic rings. The lowest BCUT2D eigenvalue weighted by molar-refractivity contribution is 0.00801. The van der Waals surface area contributed by atoms with Crippen LogP contribution in [-0.4, -0.2) is 24.3 Å². The van der Waals surface area contributed by atoms with Crippen molar-refractivity contribution in [2.75, 3.05) is 13.2 Å². The zero-order chi connectivity index (χ0) is 11.5. The van der Waals surface area contributed by atoms with Crippen LogP contribution in [0.25, 0.3) is 10.9 Å². The number of pyridine rings is 1. The van der Waals surface area contributed by atoms with E-state index < -0.39 is 0 Å². The van der Waals surface area contributed by atoms with E-state index in [0.29, 0.717) is 6.61 Å². The smallest absolute Gasteiger partial charge is 0.146 e. The molecule has 0 spiro atoms. The maximum Gasteiger partial charge on any atom is 0.146 e. The van der Waals surface area contributed by atoms with Crippen LogP contribution in [0.4, 0.5) is 0 Å². The molecule has 2 heterocycles. The van der Waals surface area contributed by atoms with Crippen LogP contribution in [0.2, 0.25) is 0 Å². The van der Waals surface area contributed by atoms with Crippen molar-refractivity contribution in [2.24, 2.45) is 0 Å². The molecule has 88 valence electrons. The summed E-state index contributed by atoms with van der Waals surface area (Å²) < 4.78 is 11.4. The molecule has 0 bridgehead atoms. The van der Waals surface area contributed by atoms with E-state index in [2.05, 4.69) is 4.98 Å². The van der Waals surface area contributed by atoms with Gasteiger partial charge in [-0.25, -0.2) is 0 Å². The minimum absolute atomic E-state index is 0.163. The molecule has 17 heavy (non-hydrogen) atoms. The molecule has 3 rings (SSSR count). The first kappa shape index (κ1) is 10.5. The van der Waals surface area contributed by atoms with Gasteiger partial charge in [0.25, 0.3) is 0 Å². The van der Waals surface area contributed by atoms with Crippen LogP contribution in [0.5, 0.6) is 5.75 Å². The van der Waals surface area contributed by atoms with Gasteiger partial charge in [0, 0.05) is 18.2 Å². The van der Waals surface area contributed by atoms with Crippen molar-refractivity contribution in [3.63, 3.8) is 0 Å². The van der Waals surface area contributed by atoms with Crippen LogP contribution in [0, 0.1) is 0 Å². The normalized spacial score (nSPS) is 20.4. The Kier molecular flexibility index (Phi) is 2.92. The Hall–Kier alpha value is -1.61. The molecule has 0 saturated carbocycles. The number of rotatable bonds is 2. The summed E-state index contributed by atoms with van der Waals surface area (Å²) in [6.45, 7) is 1.54. The summed E-state index contributed by atoms with van der Waals surface area (Å²) in [5.74, 6) is 0.860. The van der Waals surface area contributed by atoms with E-state index in [9.17, 15) is 0 Å². The van der Waals surface area contributed by atoms with Gasteiger partial charge >= 0.3 is 0 Å². The summed E-state index contributed by atoms with van der Waals surface area (Å²) in [7, 11) is 0. The number of para-hydroxylation sites is 1. The minimum atomic E-state index is 0.163. The summed E-state index contributed by atoms with van der Waals surface area (Å²) in [4.78, 5) is 4.38. The molecule has 1 atom stereocenters. The van der Waals surface area contributed by atoms with Gasteiger partial charge in [0.05, 0.1) is 6.61 Å². The topological polar surface area (TPSA) is 31.4 Å². The number of hydrogen-bond donors (Lipinski definition) is 0. The molecule has 0 radical (unpaired) electrons. The van der Waals surface area contributed by atoms with Crippen molar-refractivity contribution < 1.29 is 9.47 Å². The molecule has 1 aromatic heterocycles. The van der Waals surface area contributed by atoms with Crippen molar-refractivity contribution in [2.45, 2.75) is 18.9 Å². The first-order valence-electron chi connectivity index (χ1n) is 6.01. The Balaban J connectivity index is 1.89. The fraction of sp³-hybridized carbons (Fsp3) is 0.357. The van der Waals surface area contributed by atoms with Crippen molar-refractivity contribution >= 4 is 10.9 Å². The van der Waals surface area contributed by atoms with E-state index in [0.717, 1.165) is 36.1 Å². The standard InChI is InChI=1S/C14H15NO2/c1-4-11-5-2-8-15-14(11)13(7-1)17-12-6-3-9-16-10-12/h1-2,4-5,7-8,12H,3,6,9-10H2. The molecule has 0 N–H and O–H groups in total. The summed E-state index contributed by atoms with van der Waals surface area (Å²) in [5, 5.41) is 1.11. The number of benzene rings is 1. The average molecular weight is 229 g/mol. The molecule has 1 aliphatic heterocycles. The second-order valence-electron chi connectivity index (χ2n) is 4.29. The summed E-state index contributed by atoms with van der Waals surface area (Å²) in [6.07, 6.45) is 4.09. The predicted molar refractivity (Wildman–Crippen MR) is 66.2 cm³/mol. The lowest BCUT2D eigenvalue weighted by atomic mass is 10.1. The Morgan fingerprint density at radius 1 is 1.24 bits per heavy atom. The molecule has 1 aromatic carbocycles. The second-order valence-corrected chi connectivity index (χ2v) is 4.29. The third-order valence-corrected chi connectivity index (χ3v) is 3.01. The molecule has 3 nitrogen and oxygen atoms in total. The van der Waals surface area contributed by atoms with Crippen molar-refractivity contribution in [1.82, 2.24) is 4.98 Å². The number of aromatic nitrogens is 1. The highest BCUT2D eigenvalue weighted by atomic mass is 16.5. The van der Waals surface area contributed by atoms with Crippen LogP contribution in [0.15, 0.2) is 36.5 Å². The zero-order valence-electron chi connectivity index (χ0n) is 9.63. The Morgan fingerprint density at radius 3 is 3.06 bits per heavy atom. The van der Waals surface area contributed by atoms with Gasteiger partial charge in [-0.05, 0) is 25.0 Å². The minimum Gasteiger partial charge on any atom is -0.486 e. The van der Waals surface area contributed by atoms with Gasteiger partial charge in [0.15, 0.2) is 0 Å². The molecule has 3 heteroatoms. The van der Waals surface area contributed by atoms with Crippen molar-refractivity contribution in [3.8, 4) is 5.75 Å². The van der Waals surface area contributed by atoms with E-state index >= 15 is 0 Å². The third-order valence-electron chi connectivity index (χ3n) is 3.01. The SMILES string of the molecule is c1cnc2c(OC3CCCOC3)cccc2c1. The van der Waals surface area contributed by atoms with Gasteiger partial charge in [0.1, 0.15) is 17.4 Å². The van der Waals surface area contributed by atoms with Gasteiger partial charge < -0.3 is 9.47 Å². The summed E-state index contributed by atoms with van der Waals surface area (Å²) in [6, 6.07) is 10.0. The first-order valence-corrected chi connectivity index (χ1v) is 6.01. The van der Waals surface area contributed by atoms with Gasteiger partial charge in [-0.1, -0.05) is 18.2 Å². The maximum absolute atomic E-state index is 5.98. The average Bonchev–Trinajstić information content (AvgIpc) is 2.40. The number of ether oxygens (including phenoxy) is 2. The highest BCUT2D eigenvalue weighted by molar-refractivity contribution is 5.84. The molecule has 1 unspecified atom stereocenters. The quantitative estimate of drug-likeness (QED) is 0.793. The zero-order valence-corrected chi connectivity index (χ0v) is 9.63. The molecule has 0 amide bonds. The van der Waals surface area contributed by atoms with Crippen LogP contribution >= 0.6 is 0 Å². The van der Waals surface area contributed by atoms with Gasteiger partial charge in [-0.2, -0.15) is 0 Å². The Bertz CT molecular complexity index is 501. The summed E-state index contributed by atoms with van der Waals surface area (Å²) in [5.41, 5.74) is 0.931. The summed E-state index contributed by atoms with van der Waals surface area (Å²) >= 11 is 0. The first-order chi connectivity index (χ1) is 8.43. The molecular weight excluding hydrogens is 214 g/mol. The Labute approximate surface area is 100 Å². The van der Waals surface area contributed by atoms with E-state index in [1.165, 1.54) is 0 Å². The fourth-order valence-corrected chi connectivity index (χ4v) is 2.16. The number of hydrogen-bond acceptors (Lipinski definition) is 3. The number of fused-ring (bicyclic) bond motifs is 1. The lowest BCUT2D eigenvalue weighted by Crippen LogP contribution is -2.28. The molecule has 1 saturated heterocycles. The predicted octanol–water partition coefficient (Wildman–Crippen LogP) is 2.79. The monoisotopic (exact) mass is 229 g/mol. The van der Waals surface area contributed by atoms with Crippen LogP contribution in [0.1, 0.15) is 12.8 Å². The van der Waals surface area contributed by atoms with Gasteiger partial charge in [0.2, 0.25) is 0 Å². The molecule has 2 aromatic rings. The van der Waals surface area contributed by atoms with Gasteiger partial charge in [-0.15, -0.1) is 0 Å².